The molecule has 3 nitrogen and oxygen atoms in total. The molecular weight excluding hydrogens is 154 g/mol. The van der Waals surface area contributed by atoms with E-state index in [2.05, 4.69) is 0 Å². The Morgan fingerprint density at radius 2 is 2.00 bits per heavy atom. The molecule has 0 aromatic heterocycles. The molecule has 1 aromatic rings. The fraction of sp³-hybridized carbons (Fsp3) is 0.111. The Kier molecular flexibility index (Phi) is 1.52. The third-order valence-electron chi connectivity index (χ3n) is 1.85. The smallest absolute Gasteiger partial charge is 0.115 e. The van der Waals surface area contributed by atoms with Gasteiger partial charge in [-0.15, -0.1) is 0 Å². The van der Waals surface area contributed by atoms with Crippen molar-refractivity contribution < 1.29 is 10.3 Å². The number of hydroxylamine groups is 1. The number of para-hydroxylation sites is 1. The van der Waals surface area contributed by atoms with Crippen molar-refractivity contribution in [1.82, 2.24) is 0 Å². The summed E-state index contributed by atoms with van der Waals surface area (Å²) in [5.74, 6) is 0.177. The second kappa shape index (κ2) is 2.53. The minimum atomic E-state index is 0.164. The molecule has 0 spiro atoms. The van der Waals surface area contributed by atoms with Crippen LogP contribution in [-0.4, -0.2) is 16.9 Å². The number of nitrogens with zero attached hydrogens (tertiary/aromatic N) is 1. The molecule has 0 saturated heterocycles. The van der Waals surface area contributed by atoms with Crippen molar-refractivity contribution in [2.24, 2.45) is 0 Å². The van der Waals surface area contributed by atoms with Gasteiger partial charge >= 0.3 is 0 Å². The van der Waals surface area contributed by atoms with Crippen LogP contribution in [-0.2, 0) is 0 Å². The van der Waals surface area contributed by atoms with Gasteiger partial charge in [0.2, 0.25) is 0 Å². The fourth-order valence-electron chi connectivity index (χ4n) is 1.31. The van der Waals surface area contributed by atoms with Gasteiger partial charge in [0.15, 0.2) is 0 Å². The highest BCUT2D eigenvalue weighted by Gasteiger charge is 2.14. The molecule has 0 bridgehead atoms. The van der Waals surface area contributed by atoms with Crippen molar-refractivity contribution >= 4 is 11.8 Å². The lowest BCUT2D eigenvalue weighted by Crippen LogP contribution is -2.24. The van der Waals surface area contributed by atoms with E-state index in [0.717, 1.165) is 16.3 Å². The molecule has 0 fully saturated rings. The Hall–Kier alpha value is -1.48. The predicted octanol–water partition coefficient (Wildman–Crippen LogP) is 1.79. The molecule has 2 rings (SSSR count). The third-order valence-corrected chi connectivity index (χ3v) is 1.85. The van der Waals surface area contributed by atoms with E-state index in [9.17, 15) is 10.3 Å². The molecule has 0 unspecified atom stereocenters. The molecule has 1 aliphatic rings. The van der Waals surface area contributed by atoms with Gasteiger partial charge in [-0.25, -0.2) is 5.06 Å². The summed E-state index contributed by atoms with van der Waals surface area (Å²) < 4.78 is 0. The number of hydrogen-bond donors (Lipinski definition) is 2. The summed E-state index contributed by atoms with van der Waals surface area (Å²) in [5, 5.41) is 19.6. The zero-order valence-electron chi connectivity index (χ0n) is 6.44. The fourth-order valence-corrected chi connectivity index (χ4v) is 1.31. The van der Waals surface area contributed by atoms with Crippen LogP contribution in [0.1, 0.15) is 5.56 Å². The van der Waals surface area contributed by atoms with E-state index in [1.54, 1.807) is 12.1 Å². The Labute approximate surface area is 70.1 Å². The van der Waals surface area contributed by atoms with E-state index in [4.69, 9.17) is 0 Å². The van der Waals surface area contributed by atoms with Gasteiger partial charge in [0.1, 0.15) is 12.3 Å². The van der Waals surface area contributed by atoms with Crippen LogP contribution in [0.2, 0.25) is 0 Å². The van der Waals surface area contributed by atoms with Crippen molar-refractivity contribution in [1.29, 1.82) is 0 Å². The van der Waals surface area contributed by atoms with Crippen molar-refractivity contribution in [3.05, 3.63) is 35.6 Å². The zero-order valence-corrected chi connectivity index (χ0v) is 6.44. The van der Waals surface area contributed by atoms with Crippen LogP contribution in [0.3, 0.4) is 0 Å². The van der Waals surface area contributed by atoms with Crippen LogP contribution in [0.5, 0.6) is 0 Å². The van der Waals surface area contributed by atoms with Gasteiger partial charge in [-0.2, -0.15) is 0 Å². The largest absolute Gasteiger partial charge is 0.510 e. The van der Waals surface area contributed by atoms with Crippen LogP contribution in [0, 0.1) is 0 Å². The van der Waals surface area contributed by atoms with Crippen molar-refractivity contribution in [2.45, 2.75) is 0 Å². The summed E-state index contributed by atoms with van der Waals surface area (Å²) in [6.45, 7) is 0.164. The monoisotopic (exact) mass is 163 g/mol. The van der Waals surface area contributed by atoms with E-state index in [1.807, 2.05) is 18.2 Å². The molecule has 3 heteroatoms. The summed E-state index contributed by atoms with van der Waals surface area (Å²) in [5.41, 5.74) is 1.57. The first-order valence-corrected chi connectivity index (χ1v) is 3.72. The first-order chi connectivity index (χ1) is 5.77. The summed E-state index contributed by atoms with van der Waals surface area (Å²) >= 11 is 0. The lowest BCUT2D eigenvalue weighted by Gasteiger charge is -2.22. The number of benzene rings is 1. The van der Waals surface area contributed by atoms with E-state index in [0.29, 0.717) is 0 Å². The minimum absolute atomic E-state index is 0.164. The van der Waals surface area contributed by atoms with Crippen LogP contribution in [0.4, 0.5) is 5.69 Å². The summed E-state index contributed by atoms with van der Waals surface area (Å²) in [4.78, 5) is 0. The van der Waals surface area contributed by atoms with Gasteiger partial charge in [0, 0.05) is 5.56 Å². The Morgan fingerprint density at radius 1 is 1.25 bits per heavy atom. The van der Waals surface area contributed by atoms with Gasteiger partial charge in [-0.1, -0.05) is 18.2 Å². The number of fused-ring (bicyclic) bond motifs is 1. The summed E-state index contributed by atoms with van der Waals surface area (Å²) in [6, 6.07) is 7.35. The van der Waals surface area contributed by atoms with E-state index in [1.165, 1.54) is 0 Å². The highest BCUT2D eigenvalue weighted by Crippen LogP contribution is 2.25. The standard InChI is InChI=1S/C9H9NO2/c11-8-5-7-3-1-2-4-9(7)10(12)6-8/h1-5,11-12H,6H2. The molecule has 0 saturated carbocycles. The van der Waals surface area contributed by atoms with E-state index in [-0.39, 0.29) is 12.3 Å². The number of aliphatic hydroxyl groups excluding tert-OH is 1. The quantitative estimate of drug-likeness (QED) is 0.612. The first kappa shape index (κ1) is 7.18. The zero-order chi connectivity index (χ0) is 8.55. The minimum Gasteiger partial charge on any atom is -0.510 e. The van der Waals surface area contributed by atoms with Crippen LogP contribution in [0.15, 0.2) is 30.0 Å². The summed E-state index contributed by atoms with van der Waals surface area (Å²) in [6.07, 6.45) is 1.65. The molecule has 1 aromatic carbocycles. The highest BCUT2D eigenvalue weighted by atomic mass is 16.5. The molecule has 1 heterocycles. The second-order valence-electron chi connectivity index (χ2n) is 2.75. The first-order valence-electron chi connectivity index (χ1n) is 3.72. The van der Waals surface area contributed by atoms with Crippen molar-refractivity contribution in [3.63, 3.8) is 0 Å². The molecule has 0 radical (unpaired) electrons. The maximum atomic E-state index is 9.36. The number of anilines is 1. The van der Waals surface area contributed by atoms with E-state index < -0.39 is 0 Å². The van der Waals surface area contributed by atoms with Crippen molar-refractivity contribution in [3.8, 4) is 0 Å². The predicted molar refractivity (Wildman–Crippen MR) is 46.2 cm³/mol. The van der Waals surface area contributed by atoms with E-state index >= 15 is 0 Å². The average Bonchev–Trinajstić information content (AvgIpc) is 2.04. The van der Waals surface area contributed by atoms with Crippen LogP contribution in [0.25, 0.3) is 6.08 Å². The molecule has 2 N–H and O–H groups in total. The number of hydrogen-bond acceptors (Lipinski definition) is 3. The normalized spacial score (nSPS) is 15.4. The second-order valence-corrected chi connectivity index (χ2v) is 2.75. The molecule has 0 aliphatic carbocycles. The van der Waals surface area contributed by atoms with Gasteiger partial charge < -0.3 is 5.11 Å². The molecule has 1 aliphatic heterocycles. The molecule has 0 atom stereocenters. The lowest BCUT2D eigenvalue weighted by molar-refractivity contribution is 0.242. The molecule has 12 heavy (non-hydrogen) atoms. The van der Waals surface area contributed by atoms with Gasteiger partial charge in [0.05, 0.1) is 5.69 Å². The molecular formula is C9H9NO2. The lowest BCUT2D eigenvalue weighted by atomic mass is 10.1. The van der Waals surface area contributed by atoms with Crippen LogP contribution >= 0.6 is 0 Å². The van der Waals surface area contributed by atoms with Crippen molar-refractivity contribution in [2.75, 3.05) is 11.6 Å². The number of rotatable bonds is 0. The SMILES string of the molecule is OC1=Cc2ccccc2N(O)C1. The van der Waals surface area contributed by atoms with Gasteiger partial charge in [-0.3, -0.25) is 5.21 Å². The highest BCUT2D eigenvalue weighted by molar-refractivity contribution is 5.70. The Balaban J connectivity index is 2.55. The van der Waals surface area contributed by atoms with Gasteiger partial charge in [0.25, 0.3) is 0 Å². The maximum absolute atomic E-state index is 9.36. The maximum Gasteiger partial charge on any atom is 0.115 e. The average molecular weight is 163 g/mol. The Bertz CT molecular complexity index is 333. The third kappa shape index (κ3) is 1.04. The number of aliphatic hydroxyl groups is 1. The molecule has 62 valence electrons. The van der Waals surface area contributed by atoms with Gasteiger partial charge in [-0.05, 0) is 12.1 Å². The summed E-state index contributed by atoms with van der Waals surface area (Å²) in [7, 11) is 0. The molecule has 0 amide bonds. The topological polar surface area (TPSA) is 43.7 Å². The van der Waals surface area contributed by atoms with Crippen LogP contribution < -0.4 is 5.06 Å². The Morgan fingerprint density at radius 3 is 2.83 bits per heavy atom.